The highest BCUT2D eigenvalue weighted by Gasteiger charge is 2.38. The molecule has 6 nitrogen and oxygen atoms in total. The number of aliphatic carboxylic acids is 1. The summed E-state index contributed by atoms with van der Waals surface area (Å²) >= 11 is 0. The molecule has 1 heterocycles. The molecule has 0 spiro atoms. The molecule has 1 aromatic rings. The van der Waals surface area contributed by atoms with Gasteiger partial charge in [-0.2, -0.15) is 0 Å². The van der Waals surface area contributed by atoms with Gasteiger partial charge in [-0.1, -0.05) is 26.7 Å². The van der Waals surface area contributed by atoms with Gasteiger partial charge in [-0.3, -0.25) is 4.79 Å². The van der Waals surface area contributed by atoms with E-state index in [0.717, 1.165) is 18.7 Å². The second kappa shape index (κ2) is 5.50. The third kappa shape index (κ3) is 2.69. The van der Waals surface area contributed by atoms with Crippen molar-refractivity contribution < 1.29 is 9.90 Å². The van der Waals surface area contributed by atoms with Gasteiger partial charge in [0.25, 0.3) is 0 Å². The number of carboxylic acid groups (broad SMARTS) is 1. The number of nitrogens with zero attached hydrogens (tertiary/aromatic N) is 4. The van der Waals surface area contributed by atoms with E-state index in [0.29, 0.717) is 5.92 Å². The number of aromatic nitrogens is 4. The Morgan fingerprint density at radius 1 is 1.40 bits per heavy atom. The molecule has 112 valence electrons. The second-order valence-corrected chi connectivity index (χ2v) is 6.64. The zero-order chi connectivity index (χ0) is 14.9. The van der Waals surface area contributed by atoms with Crippen LogP contribution in [0.2, 0.25) is 0 Å². The highest BCUT2D eigenvalue weighted by Crippen LogP contribution is 2.46. The van der Waals surface area contributed by atoms with Crippen molar-refractivity contribution in [2.75, 3.05) is 0 Å². The minimum absolute atomic E-state index is 0.164. The van der Waals surface area contributed by atoms with E-state index in [1.165, 1.54) is 12.8 Å². The lowest BCUT2D eigenvalue weighted by Gasteiger charge is -2.38. The van der Waals surface area contributed by atoms with Crippen molar-refractivity contribution in [1.82, 2.24) is 20.2 Å². The molecule has 1 fully saturated rings. The summed E-state index contributed by atoms with van der Waals surface area (Å²) in [4.78, 5) is 11.2. The van der Waals surface area contributed by atoms with E-state index < -0.39 is 11.9 Å². The number of hydrogen-bond acceptors (Lipinski definition) is 4. The van der Waals surface area contributed by atoms with Crippen molar-refractivity contribution in [3.8, 4) is 0 Å². The van der Waals surface area contributed by atoms with E-state index in [-0.39, 0.29) is 11.5 Å². The predicted molar refractivity (Wildman–Crippen MR) is 74.3 cm³/mol. The van der Waals surface area contributed by atoms with Crippen molar-refractivity contribution in [3.05, 3.63) is 5.82 Å². The van der Waals surface area contributed by atoms with Gasteiger partial charge in [0.15, 0.2) is 5.82 Å². The van der Waals surface area contributed by atoms with Crippen molar-refractivity contribution in [2.45, 2.75) is 65.3 Å². The molecule has 1 aliphatic carbocycles. The van der Waals surface area contributed by atoms with E-state index in [1.807, 2.05) is 6.92 Å². The Balaban J connectivity index is 2.30. The van der Waals surface area contributed by atoms with E-state index >= 15 is 0 Å². The molecule has 1 saturated carbocycles. The summed E-state index contributed by atoms with van der Waals surface area (Å²) < 4.78 is 1.72. The van der Waals surface area contributed by atoms with Crippen molar-refractivity contribution in [1.29, 1.82) is 0 Å². The summed E-state index contributed by atoms with van der Waals surface area (Å²) in [6.07, 6.45) is 4.66. The molecule has 0 amide bonds. The van der Waals surface area contributed by atoms with Gasteiger partial charge in [0.05, 0.1) is 12.0 Å². The molecule has 0 radical (unpaired) electrons. The fourth-order valence-electron chi connectivity index (χ4n) is 3.11. The summed E-state index contributed by atoms with van der Waals surface area (Å²) in [7, 11) is 0. The maximum absolute atomic E-state index is 11.2. The lowest BCUT2D eigenvalue weighted by molar-refractivity contribution is -0.142. The molecule has 0 saturated heterocycles. The Morgan fingerprint density at radius 3 is 2.70 bits per heavy atom. The first kappa shape index (κ1) is 14.9. The normalized spacial score (nSPS) is 25.1. The maximum atomic E-state index is 11.2. The standard InChI is InChI=1S/C14H24N4O2/c1-9(13(19)20)10(2)18-12(15-16-17-18)11-7-5-6-8-14(11,3)4/h9-11H,5-8H2,1-4H3,(H,19,20). The van der Waals surface area contributed by atoms with E-state index in [9.17, 15) is 9.90 Å². The Kier molecular flexibility index (Phi) is 4.11. The van der Waals surface area contributed by atoms with Crippen LogP contribution >= 0.6 is 0 Å². The van der Waals surface area contributed by atoms with Crippen LogP contribution in [0.1, 0.15) is 71.2 Å². The van der Waals surface area contributed by atoms with Crippen LogP contribution in [0.15, 0.2) is 0 Å². The van der Waals surface area contributed by atoms with Gasteiger partial charge >= 0.3 is 5.97 Å². The SMILES string of the molecule is CC(C(=O)O)C(C)n1nnnc1C1CCCCC1(C)C. The van der Waals surface area contributed by atoms with Crippen molar-refractivity contribution >= 4 is 5.97 Å². The summed E-state index contributed by atoms with van der Waals surface area (Å²) in [5, 5.41) is 21.2. The van der Waals surface area contributed by atoms with Crippen LogP contribution in [0.5, 0.6) is 0 Å². The molecule has 1 aromatic heterocycles. The van der Waals surface area contributed by atoms with Gasteiger partial charge in [0.2, 0.25) is 0 Å². The molecule has 20 heavy (non-hydrogen) atoms. The topological polar surface area (TPSA) is 80.9 Å². The summed E-state index contributed by atoms with van der Waals surface area (Å²) in [5.41, 5.74) is 0.164. The molecular weight excluding hydrogens is 256 g/mol. The first-order chi connectivity index (χ1) is 9.34. The molecular formula is C14H24N4O2. The van der Waals surface area contributed by atoms with Gasteiger partial charge in [-0.05, 0) is 42.5 Å². The first-order valence-electron chi connectivity index (χ1n) is 7.35. The molecule has 0 aromatic carbocycles. The number of carboxylic acids is 1. The predicted octanol–water partition coefficient (Wildman–Crippen LogP) is 2.64. The minimum Gasteiger partial charge on any atom is -0.481 e. The van der Waals surface area contributed by atoms with Gasteiger partial charge in [0, 0.05) is 5.92 Å². The van der Waals surface area contributed by atoms with E-state index in [2.05, 4.69) is 29.4 Å². The lowest BCUT2D eigenvalue weighted by Crippen LogP contribution is -2.31. The third-order valence-electron chi connectivity index (χ3n) is 4.84. The zero-order valence-corrected chi connectivity index (χ0v) is 12.7. The Hall–Kier alpha value is -1.46. The quantitative estimate of drug-likeness (QED) is 0.917. The smallest absolute Gasteiger partial charge is 0.308 e. The Labute approximate surface area is 119 Å². The largest absolute Gasteiger partial charge is 0.481 e. The monoisotopic (exact) mass is 280 g/mol. The summed E-state index contributed by atoms with van der Waals surface area (Å²) in [5.74, 6) is -0.184. The molecule has 6 heteroatoms. The lowest BCUT2D eigenvalue weighted by atomic mass is 9.68. The molecule has 3 unspecified atom stereocenters. The van der Waals surface area contributed by atoms with Gasteiger partial charge < -0.3 is 5.11 Å². The third-order valence-corrected chi connectivity index (χ3v) is 4.84. The minimum atomic E-state index is -0.818. The fourth-order valence-corrected chi connectivity index (χ4v) is 3.11. The van der Waals surface area contributed by atoms with Crippen molar-refractivity contribution in [3.63, 3.8) is 0 Å². The zero-order valence-electron chi connectivity index (χ0n) is 12.7. The fraction of sp³-hybridized carbons (Fsp3) is 0.857. The van der Waals surface area contributed by atoms with Gasteiger partial charge in [0.1, 0.15) is 0 Å². The van der Waals surface area contributed by atoms with Crippen LogP contribution in [-0.4, -0.2) is 31.3 Å². The highest BCUT2D eigenvalue weighted by atomic mass is 16.4. The summed E-state index contributed by atoms with van der Waals surface area (Å²) in [6.45, 7) is 8.07. The maximum Gasteiger partial charge on any atom is 0.308 e. The Bertz CT molecular complexity index is 483. The van der Waals surface area contributed by atoms with Crippen LogP contribution in [0, 0.1) is 11.3 Å². The van der Waals surface area contributed by atoms with Crippen LogP contribution in [0.4, 0.5) is 0 Å². The van der Waals surface area contributed by atoms with Gasteiger partial charge in [-0.15, -0.1) is 5.10 Å². The van der Waals surface area contributed by atoms with Crippen LogP contribution < -0.4 is 0 Å². The van der Waals surface area contributed by atoms with Crippen LogP contribution in [0.25, 0.3) is 0 Å². The number of carbonyl (C=O) groups is 1. The molecule has 0 aliphatic heterocycles. The van der Waals surface area contributed by atoms with Crippen LogP contribution in [-0.2, 0) is 4.79 Å². The average molecular weight is 280 g/mol. The molecule has 3 atom stereocenters. The molecule has 0 bridgehead atoms. The molecule has 1 N–H and O–H groups in total. The second-order valence-electron chi connectivity index (χ2n) is 6.64. The number of hydrogen-bond donors (Lipinski definition) is 1. The number of tetrazole rings is 1. The van der Waals surface area contributed by atoms with Gasteiger partial charge in [-0.25, -0.2) is 4.68 Å². The first-order valence-corrected chi connectivity index (χ1v) is 7.35. The van der Waals surface area contributed by atoms with Crippen LogP contribution in [0.3, 0.4) is 0 Å². The van der Waals surface area contributed by atoms with E-state index in [4.69, 9.17) is 0 Å². The Morgan fingerprint density at radius 2 is 2.10 bits per heavy atom. The van der Waals surface area contributed by atoms with E-state index in [1.54, 1.807) is 11.6 Å². The highest BCUT2D eigenvalue weighted by molar-refractivity contribution is 5.70. The molecule has 1 aliphatic rings. The van der Waals surface area contributed by atoms with Crippen molar-refractivity contribution in [2.24, 2.45) is 11.3 Å². The molecule has 2 rings (SSSR count). The number of rotatable bonds is 4. The summed E-state index contributed by atoms with van der Waals surface area (Å²) in [6, 6.07) is -0.241. The average Bonchev–Trinajstić information content (AvgIpc) is 2.85.